The smallest absolute Gasteiger partial charge is 0.304 e. The van der Waals surface area contributed by atoms with Gasteiger partial charge in [0.05, 0.1) is 18.4 Å². The minimum atomic E-state index is -0.987. The second-order valence-corrected chi connectivity index (χ2v) is 1.99. The van der Waals surface area contributed by atoms with Crippen molar-refractivity contribution in [3.05, 3.63) is 0 Å². The summed E-state index contributed by atoms with van der Waals surface area (Å²) in [5, 5.41) is 15.6. The van der Waals surface area contributed by atoms with E-state index >= 15 is 0 Å². The summed E-state index contributed by atoms with van der Waals surface area (Å²) >= 11 is 5.23. The van der Waals surface area contributed by atoms with Crippen molar-refractivity contribution >= 4 is 17.6 Å². The summed E-state index contributed by atoms with van der Waals surface area (Å²) in [4.78, 5) is 9.77. The van der Waals surface area contributed by atoms with Gasteiger partial charge in [-0.25, -0.2) is 0 Å². The number of rotatable bonds is 3. The molecule has 48 valence electrons. The maximum atomic E-state index is 9.77. The summed E-state index contributed by atoms with van der Waals surface area (Å²) in [5.41, 5.74) is 0. The van der Waals surface area contributed by atoms with Crippen LogP contribution < -0.4 is 0 Å². The third-order valence-corrected chi connectivity index (χ3v) is 0.887. The molecule has 1 atom stereocenters. The topological polar surface area (TPSA) is 57.5 Å². The van der Waals surface area contributed by atoms with Crippen molar-refractivity contribution in [3.8, 4) is 0 Å². The molecule has 0 heterocycles. The van der Waals surface area contributed by atoms with Crippen LogP contribution in [0.5, 0.6) is 0 Å². The molecule has 4 heteroatoms. The van der Waals surface area contributed by atoms with Gasteiger partial charge in [-0.15, -0.1) is 11.6 Å². The number of alkyl halides is 1. The molecule has 3 nitrogen and oxygen atoms in total. The van der Waals surface area contributed by atoms with Crippen molar-refractivity contribution in [1.29, 1.82) is 0 Å². The monoisotopic (exact) mass is 138 g/mol. The van der Waals surface area contributed by atoms with E-state index in [9.17, 15) is 4.79 Å². The van der Waals surface area contributed by atoms with Gasteiger partial charge in [0.25, 0.3) is 0 Å². The number of aliphatic carboxylic acids is 1. The van der Waals surface area contributed by atoms with Gasteiger partial charge in [0, 0.05) is 0 Å². The lowest BCUT2D eigenvalue weighted by atomic mass is 10.3. The molecule has 0 aromatic heterocycles. The summed E-state index contributed by atoms with van der Waals surface area (Å²) < 4.78 is 0. The second kappa shape index (κ2) is 3.69. The van der Waals surface area contributed by atoms with Crippen molar-refractivity contribution in [2.45, 2.75) is 11.8 Å². The number of carbonyl (C=O) groups is 1. The molecular formula is C4H7ClO3. The van der Waals surface area contributed by atoms with Gasteiger partial charge >= 0.3 is 5.97 Å². The normalized spacial score (nSPS) is 13.2. The third kappa shape index (κ3) is 3.89. The Bertz CT molecular complexity index is 83.4. The fourth-order valence-electron chi connectivity index (χ4n) is 0.254. The number of halogens is 1. The van der Waals surface area contributed by atoms with Crippen LogP contribution >= 0.6 is 11.6 Å². The van der Waals surface area contributed by atoms with Gasteiger partial charge in [-0.2, -0.15) is 0 Å². The lowest BCUT2D eigenvalue weighted by Gasteiger charge is -1.97. The highest BCUT2D eigenvalue weighted by atomic mass is 35.5. The summed E-state index contributed by atoms with van der Waals surface area (Å²) in [7, 11) is 0. The molecule has 0 saturated carbocycles. The van der Waals surface area contributed by atoms with Crippen LogP contribution in [-0.4, -0.2) is 28.2 Å². The molecule has 0 fully saturated rings. The Morgan fingerprint density at radius 1 is 1.75 bits per heavy atom. The number of aliphatic hydroxyl groups is 1. The minimum Gasteiger partial charge on any atom is -0.481 e. The van der Waals surface area contributed by atoms with Crippen LogP contribution in [-0.2, 0) is 4.79 Å². The third-order valence-electron chi connectivity index (χ3n) is 0.594. The highest BCUT2D eigenvalue weighted by Crippen LogP contribution is 1.98. The Balaban J connectivity index is 3.24. The van der Waals surface area contributed by atoms with Crippen molar-refractivity contribution in [1.82, 2.24) is 0 Å². The first-order valence-electron chi connectivity index (χ1n) is 2.13. The van der Waals surface area contributed by atoms with E-state index in [1.807, 2.05) is 0 Å². The zero-order chi connectivity index (χ0) is 6.57. The standard InChI is InChI=1S/C4H7ClO3/c5-3(2-6)1-4(7)8/h3,6H,1-2H2,(H,7,8)/t3-/m1/s1. The van der Waals surface area contributed by atoms with E-state index in [2.05, 4.69) is 0 Å². The lowest BCUT2D eigenvalue weighted by Crippen LogP contribution is -2.10. The highest BCUT2D eigenvalue weighted by molar-refractivity contribution is 6.21. The number of carboxylic acids is 1. The van der Waals surface area contributed by atoms with Crippen LogP contribution in [0, 0.1) is 0 Å². The number of hydrogen-bond acceptors (Lipinski definition) is 2. The van der Waals surface area contributed by atoms with Crippen molar-refractivity contribution in [2.24, 2.45) is 0 Å². The van der Waals surface area contributed by atoms with Gasteiger partial charge < -0.3 is 10.2 Å². The number of hydrogen-bond donors (Lipinski definition) is 2. The molecule has 0 aromatic rings. The van der Waals surface area contributed by atoms with Crippen LogP contribution in [0.3, 0.4) is 0 Å². The molecule has 0 rings (SSSR count). The molecule has 0 spiro atoms. The van der Waals surface area contributed by atoms with Crippen LogP contribution in [0.15, 0.2) is 0 Å². The van der Waals surface area contributed by atoms with Crippen molar-refractivity contribution in [3.63, 3.8) is 0 Å². The first-order valence-corrected chi connectivity index (χ1v) is 2.57. The first kappa shape index (κ1) is 7.72. The summed E-state index contributed by atoms with van der Waals surface area (Å²) in [6.45, 7) is -0.284. The van der Waals surface area contributed by atoms with E-state index in [0.29, 0.717) is 0 Å². The van der Waals surface area contributed by atoms with Gasteiger partial charge in [-0.1, -0.05) is 0 Å². The highest BCUT2D eigenvalue weighted by Gasteiger charge is 2.06. The largest absolute Gasteiger partial charge is 0.481 e. The molecule has 0 saturated heterocycles. The predicted molar refractivity (Wildman–Crippen MR) is 29.0 cm³/mol. The minimum absolute atomic E-state index is 0.182. The zero-order valence-corrected chi connectivity index (χ0v) is 4.93. The second-order valence-electron chi connectivity index (χ2n) is 1.38. The molecule has 0 aliphatic rings. The van der Waals surface area contributed by atoms with E-state index in [1.165, 1.54) is 0 Å². The van der Waals surface area contributed by atoms with E-state index in [0.717, 1.165) is 0 Å². The van der Waals surface area contributed by atoms with E-state index in [4.69, 9.17) is 21.8 Å². The van der Waals surface area contributed by atoms with E-state index < -0.39 is 11.3 Å². The Kier molecular flexibility index (Phi) is 3.56. The molecule has 0 aliphatic heterocycles. The average molecular weight is 139 g/mol. The van der Waals surface area contributed by atoms with Gasteiger partial charge in [0.15, 0.2) is 0 Å². The zero-order valence-electron chi connectivity index (χ0n) is 4.17. The van der Waals surface area contributed by atoms with E-state index in [1.54, 1.807) is 0 Å². The Morgan fingerprint density at radius 2 is 2.25 bits per heavy atom. The Morgan fingerprint density at radius 3 is 2.38 bits per heavy atom. The van der Waals surface area contributed by atoms with Crippen LogP contribution in [0.4, 0.5) is 0 Å². The van der Waals surface area contributed by atoms with Crippen molar-refractivity contribution < 1.29 is 15.0 Å². The number of carboxylic acid groups (broad SMARTS) is 1. The average Bonchev–Trinajstić information content (AvgIpc) is 1.65. The van der Waals surface area contributed by atoms with Crippen LogP contribution in [0.2, 0.25) is 0 Å². The summed E-state index contributed by atoms with van der Waals surface area (Å²) in [6.07, 6.45) is -0.182. The molecule has 0 bridgehead atoms. The van der Waals surface area contributed by atoms with Gasteiger partial charge in [-0.05, 0) is 0 Å². The molecular weight excluding hydrogens is 131 g/mol. The predicted octanol–water partition coefficient (Wildman–Crippen LogP) is 0.0608. The lowest BCUT2D eigenvalue weighted by molar-refractivity contribution is -0.137. The summed E-state index contributed by atoms with van der Waals surface area (Å²) in [5.74, 6) is -0.987. The van der Waals surface area contributed by atoms with Crippen LogP contribution in [0.1, 0.15) is 6.42 Å². The quantitative estimate of drug-likeness (QED) is 0.543. The summed E-state index contributed by atoms with van der Waals surface area (Å²) in [6, 6.07) is 0. The van der Waals surface area contributed by atoms with Gasteiger partial charge in [0.2, 0.25) is 0 Å². The molecule has 2 N–H and O–H groups in total. The molecule has 0 unspecified atom stereocenters. The van der Waals surface area contributed by atoms with Gasteiger partial charge in [-0.3, -0.25) is 4.79 Å². The Labute approximate surface area is 51.9 Å². The van der Waals surface area contributed by atoms with Gasteiger partial charge in [0.1, 0.15) is 0 Å². The van der Waals surface area contributed by atoms with Crippen LogP contribution in [0.25, 0.3) is 0 Å². The Hall–Kier alpha value is -0.280. The fourth-order valence-corrected chi connectivity index (χ4v) is 0.386. The molecule has 0 aliphatic carbocycles. The van der Waals surface area contributed by atoms with E-state index in [-0.39, 0.29) is 13.0 Å². The first-order chi connectivity index (χ1) is 3.66. The molecule has 0 aromatic carbocycles. The SMILES string of the molecule is O=C(O)C[C@@H](Cl)CO. The number of aliphatic hydroxyl groups excluding tert-OH is 1. The maximum Gasteiger partial charge on any atom is 0.304 e. The molecule has 8 heavy (non-hydrogen) atoms. The van der Waals surface area contributed by atoms with Crippen molar-refractivity contribution in [2.75, 3.05) is 6.61 Å². The molecule has 0 radical (unpaired) electrons. The fraction of sp³-hybridized carbons (Fsp3) is 0.750. The molecule has 0 amide bonds. The maximum absolute atomic E-state index is 9.77.